The Hall–Kier alpha value is -1.23. The molecule has 0 saturated heterocycles. The van der Waals surface area contributed by atoms with Gasteiger partial charge < -0.3 is 14.6 Å². The number of Topliss-reactive ketones (excluding diaryl/α,β-unsaturated/α-hetero) is 1. The number of aliphatic hydroxyl groups excluding tert-OH is 1. The van der Waals surface area contributed by atoms with Gasteiger partial charge in [0.2, 0.25) is 0 Å². The Labute approximate surface area is 194 Å². The topological polar surface area (TPSA) is 55.8 Å². The van der Waals surface area contributed by atoms with E-state index in [1.807, 2.05) is 18.2 Å². The molecule has 32 heavy (non-hydrogen) atoms. The molecule has 0 amide bonds. The van der Waals surface area contributed by atoms with Gasteiger partial charge in [0.25, 0.3) is 0 Å². The Morgan fingerprint density at radius 3 is 2.53 bits per heavy atom. The number of hydrogen-bond donors (Lipinski definition) is 1. The first-order valence-electron chi connectivity index (χ1n) is 12.6. The average molecular weight is 443 g/mol. The molecule has 0 aliphatic heterocycles. The quantitative estimate of drug-likeness (QED) is 0.449. The van der Waals surface area contributed by atoms with Crippen LogP contribution < -0.4 is 0 Å². The monoisotopic (exact) mass is 442 g/mol. The third kappa shape index (κ3) is 3.67. The summed E-state index contributed by atoms with van der Waals surface area (Å²) in [6, 6.07) is 10.2. The zero-order valence-electron chi connectivity index (χ0n) is 20.6. The Bertz CT molecular complexity index is 809. The van der Waals surface area contributed by atoms with Crippen molar-refractivity contribution < 1.29 is 19.4 Å². The molecule has 4 nitrogen and oxygen atoms in total. The summed E-state index contributed by atoms with van der Waals surface area (Å²) in [5.74, 6) is 0.881. The number of rotatable bonds is 6. The van der Waals surface area contributed by atoms with Crippen LogP contribution in [-0.2, 0) is 20.9 Å². The molecule has 1 N–H and O–H groups in total. The molecule has 2 bridgehead atoms. The lowest BCUT2D eigenvalue weighted by Gasteiger charge is -2.62. The Kier molecular flexibility index (Phi) is 6.61. The van der Waals surface area contributed by atoms with Crippen molar-refractivity contribution in [2.75, 3.05) is 6.79 Å². The smallest absolute Gasteiger partial charge is 0.147 e. The Morgan fingerprint density at radius 1 is 1.12 bits per heavy atom. The van der Waals surface area contributed by atoms with Gasteiger partial charge >= 0.3 is 0 Å². The molecular weight excluding hydrogens is 400 g/mol. The second-order valence-corrected chi connectivity index (χ2v) is 11.5. The summed E-state index contributed by atoms with van der Waals surface area (Å²) in [7, 11) is 0. The van der Waals surface area contributed by atoms with Crippen molar-refractivity contribution in [3.05, 3.63) is 35.9 Å². The summed E-state index contributed by atoms with van der Waals surface area (Å²) in [6.07, 6.45) is 4.73. The minimum atomic E-state index is -0.502. The average Bonchev–Trinajstić information content (AvgIpc) is 3.14. The SMILES string of the molecule is CC[C@]1(C)C[C@@H](O)[C@@]2(C)C3C(=O)CC[C@@]3(CC[C@H]2C)[C@@H](C)[C@@H]1OCOCc1ccccc1. The molecule has 178 valence electrons. The van der Waals surface area contributed by atoms with E-state index < -0.39 is 6.10 Å². The highest BCUT2D eigenvalue weighted by Crippen LogP contribution is 2.68. The van der Waals surface area contributed by atoms with Gasteiger partial charge in [0.1, 0.15) is 12.6 Å². The lowest BCUT2D eigenvalue weighted by atomic mass is 9.43. The van der Waals surface area contributed by atoms with Crippen LogP contribution in [0.4, 0.5) is 0 Å². The molecule has 0 heterocycles. The van der Waals surface area contributed by atoms with Crippen LogP contribution in [0.5, 0.6) is 0 Å². The number of benzene rings is 1. The summed E-state index contributed by atoms with van der Waals surface area (Å²) >= 11 is 0. The number of ketones is 1. The van der Waals surface area contributed by atoms with Crippen LogP contribution in [0.15, 0.2) is 30.3 Å². The minimum Gasteiger partial charge on any atom is -0.393 e. The van der Waals surface area contributed by atoms with Gasteiger partial charge in [0.05, 0.1) is 18.8 Å². The van der Waals surface area contributed by atoms with Gasteiger partial charge in [0, 0.05) is 17.8 Å². The number of carbonyl (C=O) groups excluding carboxylic acids is 1. The molecule has 4 rings (SSSR count). The van der Waals surface area contributed by atoms with E-state index >= 15 is 0 Å². The predicted molar refractivity (Wildman–Crippen MR) is 126 cm³/mol. The van der Waals surface area contributed by atoms with E-state index in [4.69, 9.17) is 9.47 Å². The largest absolute Gasteiger partial charge is 0.393 e. The fourth-order valence-corrected chi connectivity index (χ4v) is 7.75. The van der Waals surface area contributed by atoms with Crippen molar-refractivity contribution in [2.24, 2.45) is 34.0 Å². The first-order chi connectivity index (χ1) is 15.2. The van der Waals surface area contributed by atoms with E-state index in [0.717, 1.165) is 31.2 Å². The third-order valence-corrected chi connectivity index (χ3v) is 10.1. The fraction of sp³-hybridized carbons (Fsp3) is 0.750. The third-order valence-electron chi connectivity index (χ3n) is 10.1. The van der Waals surface area contributed by atoms with Crippen molar-refractivity contribution in [3.8, 4) is 0 Å². The number of ether oxygens (including phenoxy) is 2. The first kappa shape index (κ1) is 23.9. The second kappa shape index (κ2) is 8.85. The molecule has 3 fully saturated rings. The van der Waals surface area contributed by atoms with Gasteiger partial charge in [-0.1, -0.05) is 65.0 Å². The van der Waals surface area contributed by atoms with Crippen LogP contribution in [-0.4, -0.2) is 29.9 Å². The second-order valence-electron chi connectivity index (χ2n) is 11.5. The van der Waals surface area contributed by atoms with E-state index in [2.05, 4.69) is 46.8 Å². The van der Waals surface area contributed by atoms with Crippen molar-refractivity contribution in [3.63, 3.8) is 0 Å². The molecule has 8 atom stereocenters. The molecule has 0 aromatic heterocycles. The highest BCUT2D eigenvalue weighted by molar-refractivity contribution is 5.85. The van der Waals surface area contributed by atoms with Crippen LogP contribution in [0.3, 0.4) is 0 Å². The molecule has 3 aliphatic carbocycles. The summed E-state index contributed by atoms with van der Waals surface area (Å²) in [5.41, 5.74) is 0.523. The van der Waals surface area contributed by atoms with Gasteiger partial charge in [0.15, 0.2) is 0 Å². The zero-order chi connectivity index (χ0) is 23.1. The van der Waals surface area contributed by atoms with Crippen molar-refractivity contribution >= 4 is 5.78 Å². The summed E-state index contributed by atoms with van der Waals surface area (Å²) in [5, 5.41) is 11.7. The number of aliphatic hydroxyl groups is 1. The predicted octanol–water partition coefficient (Wildman–Crippen LogP) is 5.76. The highest BCUT2D eigenvalue weighted by Gasteiger charge is 2.67. The molecule has 1 aromatic carbocycles. The molecule has 0 spiro atoms. The van der Waals surface area contributed by atoms with Crippen LogP contribution in [0.2, 0.25) is 0 Å². The lowest BCUT2D eigenvalue weighted by Crippen LogP contribution is -2.63. The first-order valence-corrected chi connectivity index (χ1v) is 12.6. The van der Waals surface area contributed by atoms with E-state index in [1.165, 1.54) is 0 Å². The molecule has 0 radical (unpaired) electrons. The van der Waals surface area contributed by atoms with E-state index in [0.29, 0.717) is 31.1 Å². The number of hydrogen-bond acceptors (Lipinski definition) is 4. The van der Waals surface area contributed by atoms with Crippen LogP contribution >= 0.6 is 0 Å². The van der Waals surface area contributed by atoms with Gasteiger partial charge in [-0.2, -0.15) is 0 Å². The van der Waals surface area contributed by atoms with Gasteiger partial charge in [-0.25, -0.2) is 0 Å². The van der Waals surface area contributed by atoms with Crippen LogP contribution in [0.25, 0.3) is 0 Å². The maximum absolute atomic E-state index is 13.3. The van der Waals surface area contributed by atoms with E-state index in [-0.39, 0.29) is 41.0 Å². The van der Waals surface area contributed by atoms with Crippen LogP contribution in [0, 0.1) is 34.0 Å². The summed E-state index contributed by atoms with van der Waals surface area (Å²) in [6.45, 7) is 12.0. The maximum Gasteiger partial charge on any atom is 0.147 e. The molecular formula is C28H42O4. The van der Waals surface area contributed by atoms with Crippen LogP contribution in [0.1, 0.15) is 78.7 Å². The van der Waals surface area contributed by atoms with E-state index in [9.17, 15) is 9.90 Å². The summed E-state index contributed by atoms with van der Waals surface area (Å²) < 4.78 is 12.5. The Balaban J connectivity index is 1.62. The molecule has 1 aromatic rings. The Morgan fingerprint density at radius 2 is 1.84 bits per heavy atom. The van der Waals surface area contributed by atoms with Gasteiger partial charge in [-0.05, 0) is 60.3 Å². The number of carbonyl (C=O) groups is 1. The van der Waals surface area contributed by atoms with Gasteiger partial charge in [-0.15, -0.1) is 0 Å². The summed E-state index contributed by atoms with van der Waals surface area (Å²) in [4.78, 5) is 13.3. The van der Waals surface area contributed by atoms with E-state index in [1.54, 1.807) is 0 Å². The normalized spacial score (nSPS) is 44.1. The van der Waals surface area contributed by atoms with Crippen molar-refractivity contribution in [1.29, 1.82) is 0 Å². The standard InChI is InChI=1S/C28H42O4/c1-6-26(4)16-23(30)27(5)19(2)12-14-28(15-13-22(29)24(27)28)20(3)25(26)32-18-31-17-21-10-8-7-9-11-21/h7-11,19-20,23-25,30H,6,12-18H2,1-5H3/t19-,20+,23-,24?,25+,26-,27+,28+/m1/s1. The molecule has 4 heteroatoms. The minimum absolute atomic E-state index is 0.0516. The fourth-order valence-electron chi connectivity index (χ4n) is 7.75. The zero-order valence-corrected chi connectivity index (χ0v) is 20.6. The van der Waals surface area contributed by atoms with Crippen molar-refractivity contribution in [2.45, 2.75) is 92.0 Å². The molecule has 3 saturated carbocycles. The molecule has 3 aliphatic rings. The molecule has 1 unspecified atom stereocenters. The van der Waals surface area contributed by atoms with Crippen molar-refractivity contribution in [1.82, 2.24) is 0 Å². The maximum atomic E-state index is 13.3. The van der Waals surface area contributed by atoms with Gasteiger partial charge in [-0.3, -0.25) is 4.79 Å². The lowest BCUT2D eigenvalue weighted by molar-refractivity contribution is -0.227. The highest BCUT2D eigenvalue weighted by atomic mass is 16.7.